The minimum Gasteiger partial charge on any atom is -0.363 e. The minimum absolute atomic E-state index is 0.192. The van der Waals surface area contributed by atoms with Crippen LogP contribution in [0.3, 0.4) is 0 Å². The number of nitrogens with two attached hydrogens (primary N) is 1. The van der Waals surface area contributed by atoms with Gasteiger partial charge in [-0.1, -0.05) is 77.3 Å². The summed E-state index contributed by atoms with van der Waals surface area (Å²) in [5, 5.41) is 10.2. The molecule has 5 N–H and O–H groups in total. The van der Waals surface area contributed by atoms with Gasteiger partial charge in [0.1, 0.15) is 12.1 Å². The molecular formula is C33H53N5O6S. The van der Waals surface area contributed by atoms with Crippen LogP contribution in [0.15, 0.2) is 21.5 Å². The van der Waals surface area contributed by atoms with E-state index < -0.39 is 59.1 Å². The smallest absolute Gasteiger partial charge is 0.316 e. The van der Waals surface area contributed by atoms with Crippen LogP contribution >= 0.6 is 11.8 Å². The van der Waals surface area contributed by atoms with E-state index in [1.807, 2.05) is 67.7 Å². The van der Waals surface area contributed by atoms with E-state index in [2.05, 4.69) is 16.0 Å². The standard InChI is InChI=1S/C33H53N5O6S/c1-10-20(6)27(45-17-18(2)3)26(40)24(19(4)5)36-32(44)37-28(33(7,8)9)31(43)38-15-11-12-23(38)30(42)35-22(16-21-13-14-21)25(39)29(34)41/h17,19,21-24,28H,10-16H2,1-9H3,(H2,34,41)(H,35,42)(H2,36,37,44)/b27-20+/t22?,23-,24?,28?/m0/s1. The van der Waals surface area contributed by atoms with E-state index >= 15 is 0 Å². The van der Waals surface area contributed by atoms with Crippen LogP contribution in [0.2, 0.25) is 0 Å². The van der Waals surface area contributed by atoms with Gasteiger partial charge in [-0.3, -0.25) is 24.0 Å². The second-order valence-corrected chi connectivity index (χ2v) is 14.8. The number of thioether (sulfide) groups is 1. The molecule has 252 valence electrons. The first-order valence-electron chi connectivity index (χ1n) is 15.9. The van der Waals surface area contributed by atoms with Crippen molar-refractivity contribution in [3.8, 4) is 0 Å². The lowest BCUT2D eigenvalue weighted by Gasteiger charge is -2.36. The Kier molecular flexibility index (Phi) is 13.9. The third-order valence-electron chi connectivity index (χ3n) is 8.16. The predicted octanol–water partition coefficient (Wildman–Crippen LogP) is 3.97. The Morgan fingerprint density at radius 1 is 0.956 bits per heavy atom. The highest BCUT2D eigenvalue weighted by atomic mass is 32.2. The summed E-state index contributed by atoms with van der Waals surface area (Å²) in [4.78, 5) is 80.5. The largest absolute Gasteiger partial charge is 0.363 e. The van der Waals surface area contributed by atoms with E-state index in [4.69, 9.17) is 5.73 Å². The molecule has 0 aromatic heterocycles. The molecule has 4 atom stereocenters. The maximum atomic E-state index is 14.0. The molecule has 3 unspecified atom stereocenters. The zero-order valence-electron chi connectivity index (χ0n) is 28.4. The number of nitrogens with one attached hydrogen (secondary N) is 3. The molecule has 2 aliphatic rings. The number of nitrogens with zero attached hydrogens (tertiary/aromatic N) is 1. The fourth-order valence-corrected chi connectivity index (χ4v) is 6.11. The lowest BCUT2D eigenvalue weighted by molar-refractivity contribution is -0.143. The number of Topliss-reactive ketones (excluding diaryl/α,β-unsaturated/α-hetero) is 2. The number of hydrogen-bond acceptors (Lipinski definition) is 7. The van der Waals surface area contributed by atoms with E-state index in [1.165, 1.54) is 16.7 Å². The Morgan fingerprint density at radius 2 is 1.58 bits per heavy atom. The molecule has 1 heterocycles. The van der Waals surface area contributed by atoms with E-state index in [0.717, 1.165) is 24.0 Å². The van der Waals surface area contributed by atoms with Crippen LogP contribution in [0.25, 0.3) is 0 Å². The van der Waals surface area contributed by atoms with Crippen molar-refractivity contribution in [1.29, 1.82) is 0 Å². The Labute approximate surface area is 272 Å². The summed E-state index contributed by atoms with van der Waals surface area (Å²) in [6.07, 6.45) is 3.79. The van der Waals surface area contributed by atoms with Crippen molar-refractivity contribution in [3.05, 3.63) is 21.5 Å². The molecule has 1 saturated heterocycles. The molecule has 1 aliphatic heterocycles. The first kappa shape index (κ1) is 38.0. The summed E-state index contributed by atoms with van der Waals surface area (Å²) in [6.45, 7) is 17.2. The highest BCUT2D eigenvalue weighted by molar-refractivity contribution is 8.06. The van der Waals surface area contributed by atoms with E-state index in [1.54, 1.807) is 0 Å². The van der Waals surface area contributed by atoms with Gasteiger partial charge in [0.2, 0.25) is 17.6 Å². The van der Waals surface area contributed by atoms with Crippen molar-refractivity contribution in [2.24, 2.45) is 23.0 Å². The summed E-state index contributed by atoms with van der Waals surface area (Å²) in [7, 11) is 0. The van der Waals surface area contributed by atoms with Crippen LogP contribution < -0.4 is 21.7 Å². The lowest BCUT2D eigenvalue weighted by atomic mass is 9.85. The average Bonchev–Trinajstić information content (AvgIpc) is 3.63. The SMILES string of the molecule is CC/C(C)=C(/SC=C(C)C)C(=O)C(NC(=O)NC(C(=O)N1CCC[C@H]1C(=O)NC(CC1CC1)C(=O)C(N)=O)C(C)(C)C)C(C)C. The molecule has 5 amide bonds. The Morgan fingerprint density at radius 3 is 2.07 bits per heavy atom. The van der Waals surface area contributed by atoms with Gasteiger partial charge >= 0.3 is 6.03 Å². The molecule has 0 aromatic rings. The third kappa shape index (κ3) is 11.0. The van der Waals surface area contributed by atoms with Crippen LogP contribution in [-0.2, 0) is 24.0 Å². The maximum Gasteiger partial charge on any atom is 0.316 e. The predicted molar refractivity (Wildman–Crippen MR) is 177 cm³/mol. The molecule has 12 heteroatoms. The fourth-order valence-electron chi connectivity index (χ4n) is 5.17. The summed E-state index contributed by atoms with van der Waals surface area (Å²) >= 11 is 1.35. The van der Waals surface area contributed by atoms with Gasteiger partial charge in [0, 0.05) is 6.54 Å². The van der Waals surface area contributed by atoms with Gasteiger partial charge in [-0.25, -0.2) is 4.79 Å². The normalized spacial score (nSPS) is 19.2. The summed E-state index contributed by atoms with van der Waals surface area (Å²) < 4.78 is 0. The summed E-state index contributed by atoms with van der Waals surface area (Å²) in [5.74, 6) is -3.09. The number of likely N-dealkylation sites (tertiary alicyclic amines) is 1. The number of hydrogen-bond donors (Lipinski definition) is 4. The number of amides is 5. The van der Waals surface area contributed by atoms with Gasteiger partial charge in [-0.2, -0.15) is 0 Å². The topological polar surface area (TPSA) is 168 Å². The number of urea groups is 1. The van der Waals surface area contributed by atoms with Crippen LogP contribution in [-0.4, -0.2) is 70.9 Å². The van der Waals surface area contributed by atoms with Crippen molar-refractivity contribution >= 4 is 47.1 Å². The quantitative estimate of drug-likeness (QED) is 0.154. The Bertz CT molecular complexity index is 1210. The monoisotopic (exact) mass is 647 g/mol. The number of carbonyl (C=O) groups excluding carboxylic acids is 6. The van der Waals surface area contributed by atoms with Crippen LogP contribution in [0, 0.1) is 17.3 Å². The van der Waals surface area contributed by atoms with Gasteiger partial charge in [-0.15, -0.1) is 0 Å². The van der Waals surface area contributed by atoms with Crippen molar-refractivity contribution < 1.29 is 28.8 Å². The van der Waals surface area contributed by atoms with Gasteiger partial charge in [0.05, 0.1) is 17.0 Å². The minimum atomic E-state index is -1.11. The fraction of sp³-hybridized carbons (Fsp3) is 0.697. The van der Waals surface area contributed by atoms with Gasteiger partial charge in [0.15, 0.2) is 5.78 Å². The highest BCUT2D eigenvalue weighted by Gasteiger charge is 2.43. The van der Waals surface area contributed by atoms with E-state index in [0.29, 0.717) is 37.1 Å². The summed E-state index contributed by atoms with van der Waals surface area (Å²) in [6, 6.07) is -4.40. The van der Waals surface area contributed by atoms with Gasteiger partial charge < -0.3 is 26.6 Å². The molecule has 1 aliphatic carbocycles. The molecule has 11 nitrogen and oxygen atoms in total. The molecule has 2 fully saturated rings. The Balaban J connectivity index is 2.24. The third-order valence-corrected chi connectivity index (χ3v) is 9.53. The van der Waals surface area contributed by atoms with Crippen LogP contribution in [0.1, 0.15) is 101 Å². The maximum absolute atomic E-state index is 14.0. The number of carbonyl (C=O) groups is 6. The highest BCUT2D eigenvalue weighted by Crippen LogP contribution is 2.34. The molecule has 1 saturated carbocycles. The second kappa shape index (κ2) is 16.4. The van der Waals surface area contributed by atoms with Crippen molar-refractivity contribution in [2.75, 3.05) is 6.54 Å². The average molecular weight is 648 g/mol. The molecule has 0 radical (unpaired) electrons. The molecule has 0 bridgehead atoms. The van der Waals surface area contributed by atoms with Gasteiger partial charge in [-0.05, 0) is 69.1 Å². The zero-order chi connectivity index (χ0) is 34.2. The van der Waals surface area contributed by atoms with Crippen LogP contribution in [0.4, 0.5) is 4.79 Å². The van der Waals surface area contributed by atoms with Crippen molar-refractivity contribution in [3.63, 3.8) is 0 Å². The molecular weight excluding hydrogens is 594 g/mol. The molecule has 0 aromatic carbocycles. The molecule has 0 spiro atoms. The van der Waals surface area contributed by atoms with Crippen LogP contribution in [0.5, 0.6) is 0 Å². The lowest BCUT2D eigenvalue weighted by Crippen LogP contribution is -2.61. The zero-order valence-corrected chi connectivity index (χ0v) is 29.2. The van der Waals surface area contributed by atoms with E-state index in [9.17, 15) is 28.8 Å². The number of allylic oxidation sites excluding steroid dienone is 2. The first-order chi connectivity index (χ1) is 20.9. The first-order valence-corrected chi connectivity index (χ1v) is 16.8. The van der Waals surface area contributed by atoms with Crippen molar-refractivity contribution in [1.82, 2.24) is 20.9 Å². The molecule has 45 heavy (non-hydrogen) atoms. The molecule has 2 rings (SSSR count). The summed E-state index contributed by atoms with van der Waals surface area (Å²) in [5.41, 5.74) is 6.47. The number of ketones is 2. The van der Waals surface area contributed by atoms with Gasteiger partial charge in [0.25, 0.3) is 5.91 Å². The number of primary amides is 1. The van der Waals surface area contributed by atoms with Crippen molar-refractivity contribution in [2.45, 2.75) is 125 Å². The van der Waals surface area contributed by atoms with E-state index in [-0.39, 0.29) is 17.6 Å². The second-order valence-electron chi connectivity index (χ2n) is 13.9. The number of rotatable bonds is 15. The Hall–Kier alpha value is -3.15.